The van der Waals surface area contributed by atoms with Gasteiger partial charge in [-0.3, -0.25) is 24.0 Å². The van der Waals surface area contributed by atoms with Crippen molar-refractivity contribution in [2.45, 2.75) is 181 Å². The van der Waals surface area contributed by atoms with Gasteiger partial charge in [0.1, 0.15) is 43.3 Å². The fraction of sp³-hybridized carbons (Fsp3) is 0.870. The first-order chi connectivity index (χ1) is 55.6. The van der Waals surface area contributed by atoms with Crippen molar-refractivity contribution in [1.82, 2.24) is 10.6 Å². The lowest BCUT2D eigenvalue weighted by Crippen LogP contribution is -2.56. The number of carbonyl (C=O) groups is 7. The van der Waals surface area contributed by atoms with E-state index in [1.54, 1.807) is 18.7 Å². The first-order valence-electron chi connectivity index (χ1n) is 31.1. The Morgan fingerprint density at radius 1 is 0.496 bits per heavy atom. The van der Waals surface area contributed by atoms with Crippen molar-refractivity contribution in [3.05, 3.63) is 12.2 Å². The van der Waals surface area contributed by atoms with Crippen molar-refractivity contribution in [2.24, 2.45) is 10.8 Å². The van der Waals surface area contributed by atoms with Gasteiger partial charge >= 0.3 is 41.8 Å². The molecule has 5 unspecified atom stereocenters. The second kappa shape index (κ2) is 300. The van der Waals surface area contributed by atoms with E-state index in [1.807, 2.05) is 106 Å². The number of esters is 5. The van der Waals surface area contributed by atoms with Crippen LogP contribution in [0.25, 0.3) is 0 Å². The van der Waals surface area contributed by atoms with E-state index in [-0.39, 0.29) is 145 Å². The number of aliphatic carboxylic acids is 1. The Morgan fingerprint density at radius 3 is 1.03 bits per heavy atom. The molecule has 752 valence electrons. The van der Waals surface area contributed by atoms with Gasteiger partial charge in [-0.1, -0.05) is 271 Å². The average Bonchev–Trinajstić information content (AvgIpc) is 1.10. The number of methoxy groups -OCH3 is 2. The Bertz CT molecular complexity index is 1540. The molecule has 2 amide bonds. The molecule has 2 heterocycles. The van der Waals surface area contributed by atoms with Gasteiger partial charge in [0.15, 0.2) is 0 Å². The number of nitrogens with one attached hydrogen (secondary N) is 2. The predicted molar refractivity (Wildman–Crippen MR) is 626 cm³/mol. The van der Waals surface area contributed by atoms with Crippen molar-refractivity contribution < 1.29 is 112 Å². The van der Waals surface area contributed by atoms with E-state index in [0.717, 1.165) is 73.4 Å². The fourth-order valence-corrected chi connectivity index (χ4v) is 7.85. The Hall–Kier alpha value is 4.16. The van der Waals surface area contributed by atoms with Crippen LogP contribution in [0.3, 0.4) is 0 Å². The number of halogens is 11. The summed E-state index contributed by atoms with van der Waals surface area (Å²) in [5.41, 5.74) is -2.79. The van der Waals surface area contributed by atoms with Crippen molar-refractivity contribution >= 4 is 388 Å². The lowest BCUT2D eigenvalue weighted by atomic mass is 9.64. The first kappa shape index (κ1) is 244. The third-order valence-electron chi connectivity index (χ3n) is 8.83. The molecule has 2 saturated heterocycles. The van der Waals surface area contributed by atoms with Crippen LogP contribution in [-0.2, 0) is 61.9 Å². The molecule has 0 bridgehead atoms. The predicted octanol–water partition coefficient (Wildman–Crippen LogP) is 18.2. The maximum absolute atomic E-state index is 12.8. The minimum atomic E-state index is -1.67. The van der Waals surface area contributed by atoms with Gasteiger partial charge in [0.05, 0.1) is 123 Å². The van der Waals surface area contributed by atoms with E-state index in [2.05, 4.69) is 274 Å². The molecular weight excluding hydrogens is 2470 g/mol. The molecule has 2 rings (SSSR count). The molecule has 5 atom stereocenters. The Balaban J connectivity index is -0.0000000207. The van der Waals surface area contributed by atoms with Crippen LogP contribution in [0, 0.1) is 10.8 Å². The summed E-state index contributed by atoms with van der Waals surface area (Å²) in [5, 5.41) is 65.6. The summed E-state index contributed by atoms with van der Waals surface area (Å²) in [5.74, 6) is 14.2. The molecule has 2 aliphatic heterocycles. The van der Waals surface area contributed by atoms with Gasteiger partial charge in [0, 0.05) is 102 Å². The van der Waals surface area contributed by atoms with E-state index in [9.17, 15) is 33.6 Å². The maximum atomic E-state index is 12.8. The summed E-state index contributed by atoms with van der Waals surface area (Å²) in [4.78, 5) is 79.9. The molecule has 54 heteroatoms. The number of carbonyl (C=O) groups excluding carboxylic acids is 6. The monoisotopic (exact) mass is 2630 g/mol. The second-order valence-corrected chi connectivity index (χ2v) is 21.6. The zero-order valence-electron chi connectivity index (χ0n) is 75.7. The highest BCUT2D eigenvalue weighted by atomic mass is 79.9. The Labute approximate surface area is 902 Å². The smallest absolute Gasteiger partial charge is 0.333 e. The molecule has 0 aromatic heterocycles. The number of rotatable bonds is 25. The molecule has 0 aliphatic carbocycles. The molecule has 123 heavy (non-hydrogen) atoms. The number of hydrogen-bond donors (Lipinski definition) is 14. The van der Waals surface area contributed by atoms with Gasteiger partial charge in [0.25, 0.3) is 0 Å². The van der Waals surface area contributed by atoms with E-state index < -0.39 is 45.5 Å². The molecule has 2 fully saturated rings. The van der Waals surface area contributed by atoms with Crippen LogP contribution in [-0.4, -0.2) is 387 Å². The van der Waals surface area contributed by atoms with Crippen LogP contribution in [0.15, 0.2) is 12.2 Å². The van der Waals surface area contributed by atoms with Gasteiger partial charge < -0.3 is 88.8 Å². The van der Waals surface area contributed by atoms with E-state index >= 15 is 0 Å². The molecule has 0 spiro atoms. The largest absolute Gasteiger partial charge is 0.481 e. The molecule has 0 aromatic rings. The number of unbranched alkanes of at least 4 members (excludes halogenated alkanes) is 1. The lowest BCUT2D eigenvalue weighted by molar-refractivity contribution is -0.181. The molecule has 11 N–H and O–H groups in total. The van der Waals surface area contributed by atoms with Gasteiger partial charge in [0.2, 0.25) is 0 Å². The number of thiol groups is 3. The number of aliphatic hydroxyl groups excluding tert-OH is 7. The number of fused-ring (bicyclic) bond motifs is 1. The highest BCUT2D eigenvalue weighted by Gasteiger charge is 2.60. The normalized spacial score (nSPS) is 10.1. The van der Waals surface area contributed by atoms with E-state index in [4.69, 9.17) is 78.2 Å². The van der Waals surface area contributed by atoms with Crippen LogP contribution in [0.5, 0.6) is 0 Å². The zero-order chi connectivity index (χ0) is 100. The lowest BCUT2D eigenvalue weighted by Gasteiger charge is -2.42. The number of amides is 2. The quantitative estimate of drug-likeness (QED) is 0.00464. The van der Waals surface area contributed by atoms with Crippen molar-refractivity contribution in [3.63, 3.8) is 0 Å². The molecule has 2 aliphatic rings. The van der Waals surface area contributed by atoms with E-state index in [0.29, 0.717) is 17.2 Å². The van der Waals surface area contributed by atoms with Crippen LogP contribution < -0.4 is 10.6 Å². The summed E-state index contributed by atoms with van der Waals surface area (Å²) in [6.45, 7) is 21.2. The number of urea groups is 1. The number of thioether (sulfide) groups is 2. The third kappa shape index (κ3) is 229. The molecule has 25 nitrogen and oxygen atoms in total. The topological polar surface area (TPSA) is 390 Å². The van der Waals surface area contributed by atoms with Crippen molar-refractivity contribution in [2.75, 3.05) is 199 Å². The van der Waals surface area contributed by atoms with Crippen molar-refractivity contribution in [1.29, 1.82) is 0 Å². The number of carboxylic acid groups (broad SMARTS) is 1. The van der Waals surface area contributed by atoms with E-state index in [1.165, 1.54) is 122 Å². The minimum Gasteiger partial charge on any atom is -0.481 e. The zero-order valence-corrected chi connectivity index (χ0v) is 99.9. The number of hydrogen-bond acceptors (Lipinski definition) is 30. The van der Waals surface area contributed by atoms with Crippen LogP contribution in [0.1, 0.15) is 104 Å². The molecule has 0 saturated carbocycles. The third-order valence-corrected chi connectivity index (χ3v) is 12.2. The summed E-state index contributed by atoms with van der Waals surface area (Å²) in [7, 11) is 49.2. The molecule has 0 aromatic carbocycles. The van der Waals surface area contributed by atoms with Gasteiger partial charge in [-0.05, 0) is 118 Å². The summed E-state index contributed by atoms with van der Waals surface area (Å²) < 4.78 is 41.3. The van der Waals surface area contributed by atoms with Gasteiger partial charge in [-0.15, -0.1) is 67.4 Å². The number of ether oxygens (including phenoxy) is 7. The number of aliphatic hydroxyl groups is 7. The maximum Gasteiger partial charge on any atom is 0.333 e. The minimum absolute atomic E-state index is 0. The van der Waals surface area contributed by atoms with Crippen LogP contribution in [0.2, 0.25) is 54.6 Å². The fourth-order valence-electron chi connectivity index (χ4n) is 5.04. The van der Waals surface area contributed by atoms with Crippen LogP contribution in [0.4, 0.5) is 4.79 Å². The summed E-state index contributed by atoms with van der Waals surface area (Å²) in [6.07, 6.45) is 10.9. The summed E-state index contributed by atoms with van der Waals surface area (Å²) >= 11 is 46.1. The molecular formula is C69H173B10Br11N2O23S8. The van der Waals surface area contributed by atoms with Crippen LogP contribution >= 0.6 is 266 Å². The number of carboxylic acids is 1. The second-order valence-electron chi connectivity index (χ2n) is 14.0. The highest BCUT2D eigenvalue weighted by molar-refractivity contribution is 9.10. The Kier molecular flexibility index (Phi) is 594. The average molecular weight is 2640 g/mol. The SMILES string of the molecule is C.C.C.C.C.C.C=C(C)C(=O)OCCOC(=O)CCSC.CBr.CBr.CBr.CBr.CBr.CBr.CBr.CBr.CBr.CO.CO.CO.CO.CO.CO.COCCOC(=O)C(C)(C)C(C)(C(=O)OCCOC)C(Br)C(=O)OCCO.CSS.CSS.CSS.O=C(O)CCCCC1SCC2NC(=O)NC21.OBr.[B].[B].[B]C.[B]C.[B]C.[B]C.[B]C.[B]C.[B]C.[B]C. The van der Waals surface area contributed by atoms with Gasteiger partial charge in [-0.25, -0.2) is 9.59 Å². The molecule has 22 radical (unpaired) electrons. The standard InChI is InChI=1S/C17H29BrO9.C10H16N2O3S.C10H16O4S.8CH3B.9CH3Br.6CH4O.3CH4S2.6CH4.2B.BrHO/c1-16(2,14(21)26-10-8-23-4)17(3,15(22)27-11-9-24-5)12(18)13(20)25-7-6-19;13-8(14)4-2-1-3-7-9-6(5-16-7)11-10(15)12-9;1-8(2)10(12)14-6-5-13-9(11)4-7-15-3;23*1-2;3*1-3-2;;;;;;;;;1-2/h12,19H,6-11H2,1-5H3;6-7,9H,1-5H2,(H,13,14)(H2,11,12,15);1,4-7H2,2-3H3;17*1H3;6*2H,1H3;3*2H,1H3;6*1H4;;;2H. The van der Waals surface area contributed by atoms with Crippen molar-refractivity contribution in [3.8, 4) is 0 Å². The number of alkyl halides is 10. The highest BCUT2D eigenvalue weighted by Crippen LogP contribution is 2.47. The summed E-state index contributed by atoms with van der Waals surface area (Å²) in [6, 6.07) is 0.440. The Morgan fingerprint density at radius 2 is 0.772 bits per heavy atom. The first-order valence-corrected chi connectivity index (χ1v) is 56.3. The van der Waals surface area contributed by atoms with Gasteiger partial charge in [-0.2, -0.15) is 23.5 Å².